The molecule has 2 rings (SSSR count). The third kappa shape index (κ3) is 3.18. The van der Waals surface area contributed by atoms with E-state index in [2.05, 4.69) is 33.9 Å². The van der Waals surface area contributed by atoms with Crippen molar-refractivity contribution < 1.29 is 0 Å². The van der Waals surface area contributed by atoms with Crippen molar-refractivity contribution in [3.8, 4) is 0 Å². The minimum atomic E-state index is 1.10. The van der Waals surface area contributed by atoms with Crippen LogP contribution >= 0.6 is 0 Å². The molecule has 0 amide bonds. The van der Waals surface area contributed by atoms with Gasteiger partial charge in [0.15, 0.2) is 0 Å². The predicted octanol–water partition coefficient (Wildman–Crippen LogP) is 0.315. The number of rotatable bonds is 3. The highest BCUT2D eigenvalue weighted by molar-refractivity contribution is 5.82. The summed E-state index contributed by atoms with van der Waals surface area (Å²) >= 11 is 0. The van der Waals surface area contributed by atoms with Gasteiger partial charge in [-0.1, -0.05) is 0 Å². The van der Waals surface area contributed by atoms with Crippen LogP contribution in [0, 0.1) is 0 Å². The Bertz CT molecular complexity index is 231. The monoisotopic (exact) mass is 210 g/mol. The molecule has 0 bridgehead atoms. The van der Waals surface area contributed by atoms with E-state index < -0.39 is 0 Å². The van der Waals surface area contributed by atoms with Crippen molar-refractivity contribution in [3.05, 3.63) is 0 Å². The van der Waals surface area contributed by atoms with E-state index in [4.69, 9.17) is 0 Å². The lowest BCUT2D eigenvalue weighted by atomic mass is 10.3. The number of nitrogens with zero attached hydrogens (tertiary/aromatic N) is 4. The summed E-state index contributed by atoms with van der Waals surface area (Å²) in [6.45, 7) is 10.4. The number of hydrazone groups is 1. The zero-order chi connectivity index (χ0) is 10.7. The summed E-state index contributed by atoms with van der Waals surface area (Å²) in [5.74, 6) is 0. The lowest BCUT2D eigenvalue weighted by Crippen LogP contribution is -2.46. The molecule has 0 unspecified atom stereocenters. The first-order valence-electron chi connectivity index (χ1n) is 5.94. The maximum absolute atomic E-state index is 4.50. The summed E-state index contributed by atoms with van der Waals surface area (Å²) in [6, 6.07) is 0. The second-order valence-corrected chi connectivity index (χ2v) is 4.68. The Labute approximate surface area is 92.5 Å². The highest BCUT2D eigenvalue weighted by atomic mass is 15.5. The van der Waals surface area contributed by atoms with Gasteiger partial charge in [0, 0.05) is 57.9 Å². The lowest BCUT2D eigenvalue weighted by molar-refractivity contribution is 0.138. The van der Waals surface area contributed by atoms with Gasteiger partial charge in [-0.05, 0) is 14.0 Å². The van der Waals surface area contributed by atoms with Gasteiger partial charge in [0.25, 0.3) is 0 Å². The van der Waals surface area contributed by atoms with Crippen LogP contribution in [0.3, 0.4) is 0 Å². The smallest absolute Gasteiger partial charge is 0.0487 e. The van der Waals surface area contributed by atoms with Gasteiger partial charge in [-0.25, -0.2) is 0 Å². The second-order valence-electron chi connectivity index (χ2n) is 4.68. The van der Waals surface area contributed by atoms with Gasteiger partial charge >= 0.3 is 0 Å². The first-order valence-corrected chi connectivity index (χ1v) is 5.94. The molecule has 15 heavy (non-hydrogen) atoms. The molecule has 1 fully saturated rings. The second kappa shape index (κ2) is 4.94. The lowest BCUT2D eigenvalue weighted by Gasteiger charge is -2.33. The third-order valence-corrected chi connectivity index (χ3v) is 3.31. The van der Waals surface area contributed by atoms with Gasteiger partial charge in [-0.15, -0.1) is 0 Å². The molecule has 4 nitrogen and oxygen atoms in total. The predicted molar refractivity (Wildman–Crippen MR) is 63.2 cm³/mol. The summed E-state index contributed by atoms with van der Waals surface area (Å²) in [6.07, 6.45) is 1.16. The molecule has 0 aromatic rings. The van der Waals surface area contributed by atoms with Crippen LogP contribution in [0.5, 0.6) is 0 Å². The van der Waals surface area contributed by atoms with Crippen LogP contribution in [0.2, 0.25) is 0 Å². The highest BCUT2D eigenvalue weighted by Crippen LogP contribution is 2.06. The zero-order valence-electron chi connectivity index (χ0n) is 9.95. The third-order valence-electron chi connectivity index (χ3n) is 3.31. The molecule has 0 atom stereocenters. The minimum absolute atomic E-state index is 1.10. The molecule has 2 aliphatic rings. The quantitative estimate of drug-likeness (QED) is 0.669. The topological polar surface area (TPSA) is 22.1 Å². The van der Waals surface area contributed by atoms with E-state index in [1.807, 2.05) is 0 Å². The van der Waals surface area contributed by atoms with E-state index in [9.17, 15) is 0 Å². The zero-order valence-corrected chi connectivity index (χ0v) is 9.95. The van der Waals surface area contributed by atoms with Gasteiger partial charge in [0.1, 0.15) is 0 Å². The standard InChI is InChI=1S/C11H22N4/c1-11-3-4-15(12-11)10-9-14-7-5-13(2)6-8-14/h3-10H2,1-2H3. The van der Waals surface area contributed by atoms with Crippen molar-refractivity contribution in [3.63, 3.8) is 0 Å². The maximum Gasteiger partial charge on any atom is 0.0487 e. The van der Waals surface area contributed by atoms with Crippen LogP contribution in [-0.2, 0) is 0 Å². The van der Waals surface area contributed by atoms with Gasteiger partial charge in [0.2, 0.25) is 0 Å². The van der Waals surface area contributed by atoms with Crippen molar-refractivity contribution in [2.24, 2.45) is 5.10 Å². The fourth-order valence-electron chi connectivity index (χ4n) is 2.12. The van der Waals surface area contributed by atoms with E-state index >= 15 is 0 Å². The fourth-order valence-corrected chi connectivity index (χ4v) is 2.12. The summed E-state index contributed by atoms with van der Waals surface area (Å²) in [5, 5.41) is 6.72. The molecule has 0 aromatic heterocycles. The number of hydrogen-bond acceptors (Lipinski definition) is 4. The van der Waals surface area contributed by atoms with E-state index in [0.29, 0.717) is 0 Å². The molecule has 2 aliphatic heterocycles. The van der Waals surface area contributed by atoms with E-state index in [1.54, 1.807) is 0 Å². The first kappa shape index (κ1) is 10.9. The van der Waals surface area contributed by atoms with Gasteiger partial charge < -0.3 is 4.90 Å². The van der Waals surface area contributed by atoms with Crippen molar-refractivity contribution in [1.29, 1.82) is 0 Å². The number of piperazine rings is 1. The molecule has 0 saturated carbocycles. The Kier molecular flexibility index (Phi) is 3.59. The Morgan fingerprint density at radius 2 is 1.80 bits per heavy atom. The molecule has 0 N–H and O–H groups in total. The van der Waals surface area contributed by atoms with Crippen LogP contribution in [0.1, 0.15) is 13.3 Å². The largest absolute Gasteiger partial charge is 0.304 e. The molecule has 86 valence electrons. The summed E-state index contributed by atoms with van der Waals surface area (Å²) in [4.78, 5) is 4.94. The molecule has 0 spiro atoms. The highest BCUT2D eigenvalue weighted by Gasteiger charge is 2.15. The molecule has 0 aromatic carbocycles. The number of hydrogen-bond donors (Lipinski definition) is 0. The first-order chi connectivity index (χ1) is 7.24. The Hall–Kier alpha value is -0.610. The van der Waals surface area contributed by atoms with Crippen molar-refractivity contribution in [1.82, 2.24) is 14.8 Å². The Morgan fingerprint density at radius 1 is 1.07 bits per heavy atom. The summed E-state index contributed by atoms with van der Waals surface area (Å²) < 4.78 is 0. The molecule has 2 heterocycles. The van der Waals surface area contributed by atoms with Crippen molar-refractivity contribution in [2.75, 3.05) is 52.9 Å². The van der Waals surface area contributed by atoms with Gasteiger partial charge in [-0.3, -0.25) is 9.91 Å². The molecule has 0 aliphatic carbocycles. The number of likely N-dealkylation sites (N-methyl/N-ethyl adjacent to an activating group) is 1. The maximum atomic E-state index is 4.50. The van der Waals surface area contributed by atoms with Crippen LogP contribution in [0.15, 0.2) is 5.10 Å². The molecular weight excluding hydrogens is 188 g/mol. The average Bonchev–Trinajstić information content (AvgIpc) is 2.64. The van der Waals surface area contributed by atoms with Crippen LogP contribution in [-0.4, -0.2) is 73.4 Å². The minimum Gasteiger partial charge on any atom is -0.304 e. The van der Waals surface area contributed by atoms with E-state index in [0.717, 1.165) is 19.5 Å². The van der Waals surface area contributed by atoms with E-state index in [-0.39, 0.29) is 0 Å². The van der Waals surface area contributed by atoms with Crippen LogP contribution < -0.4 is 0 Å². The van der Waals surface area contributed by atoms with Crippen molar-refractivity contribution >= 4 is 5.71 Å². The normalized spacial score (nSPS) is 24.7. The van der Waals surface area contributed by atoms with E-state index in [1.165, 1.54) is 38.4 Å². The van der Waals surface area contributed by atoms with Gasteiger partial charge in [0.05, 0.1) is 0 Å². The molecule has 0 radical (unpaired) electrons. The average molecular weight is 210 g/mol. The van der Waals surface area contributed by atoms with Crippen LogP contribution in [0.4, 0.5) is 0 Å². The molecular formula is C11H22N4. The van der Waals surface area contributed by atoms with Crippen LogP contribution in [0.25, 0.3) is 0 Å². The molecule has 1 saturated heterocycles. The van der Waals surface area contributed by atoms with Gasteiger partial charge in [-0.2, -0.15) is 5.10 Å². The summed E-state index contributed by atoms with van der Waals surface area (Å²) in [7, 11) is 2.20. The summed E-state index contributed by atoms with van der Waals surface area (Å²) in [5.41, 5.74) is 1.29. The fraction of sp³-hybridized carbons (Fsp3) is 0.909. The Balaban J connectivity index is 1.66. The van der Waals surface area contributed by atoms with Crippen molar-refractivity contribution in [2.45, 2.75) is 13.3 Å². The molecule has 4 heteroatoms. The Morgan fingerprint density at radius 3 is 2.40 bits per heavy atom. The SMILES string of the molecule is CC1=NN(CCN2CCN(C)CC2)CC1.